The molecule has 0 aromatic heterocycles. The molecule has 92 valence electrons. The van der Waals surface area contributed by atoms with Crippen LogP contribution in [-0.4, -0.2) is 31.6 Å². The number of amides is 2. The zero-order valence-corrected chi connectivity index (χ0v) is 8.77. The molecule has 0 saturated heterocycles. The van der Waals surface area contributed by atoms with E-state index in [1.165, 1.54) is 0 Å². The van der Waals surface area contributed by atoms with E-state index in [9.17, 15) is 14.4 Å². The molecule has 0 rings (SSSR count). The van der Waals surface area contributed by atoms with E-state index in [1.54, 1.807) is 24.8 Å². The third kappa shape index (κ3) is 7.24. The molecule has 0 bridgehead atoms. The van der Waals surface area contributed by atoms with Crippen LogP contribution < -0.4 is 11.0 Å². The maximum absolute atomic E-state index is 10.7. The van der Waals surface area contributed by atoms with Crippen molar-refractivity contribution in [1.82, 2.24) is 11.0 Å². The van der Waals surface area contributed by atoms with E-state index < -0.39 is 18.3 Å². The molecule has 0 fully saturated rings. The Bertz CT molecular complexity index is 231. The van der Waals surface area contributed by atoms with E-state index in [1.807, 2.05) is 0 Å². The molecule has 2 amide bonds. The van der Waals surface area contributed by atoms with E-state index in [4.69, 9.17) is 0 Å². The normalized spacial score (nSPS) is 8.62. The fourth-order valence-electron chi connectivity index (χ4n) is 0.509. The Hall–Kier alpha value is -2.19. The van der Waals surface area contributed by atoms with Crippen molar-refractivity contribution in [2.75, 3.05) is 13.2 Å². The van der Waals surface area contributed by atoms with Crippen LogP contribution in [-0.2, 0) is 19.1 Å². The van der Waals surface area contributed by atoms with Gasteiger partial charge in [-0.05, 0) is 13.8 Å². The number of carbonyl (C=O) groups is 3. The Morgan fingerprint density at radius 3 is 1.56 bits per heavy atom. The maximum atomic E-state index is 10.7. The first-order chi connectivity index (χ1) is 7.60. The highest BCUT2D eigenvalue weighted by molar-refractivity contribution is 5.71. The van der Waals surface area contributed by atoms with Crippen molar-refractivity contribution < 1.29 is 33.5 Å². The number of hydroxylamine groups is 2. The molecule has 0 spiro atoms. The average Bonchev–Trinajstić information content (AvgIpc) is 2.24. The van der Waals surface area contributed by atoms with Crippen LogP contribution in [0, 0.1) is 0 Å². The lowest BCUT2D eigenvalue weighted by molar-refractivity contribution is -0.0137. The summed E-state index contributed by atoms with van der Waals surface area (Å²) in [5, 5.41) is 0. The Balaban J connectivity index is 3.59. The smallest absolute Gasteiger partial charge is 0.448 e. The molecule has 0 atom stereocenters. The van der Waals surface area contributed by atoms with Crippen LogP contribution in [0.4, 0.5) is 14.4 Å². The number of ether oxygens (including phenoxy) is 2. The standard InChI is InChI=1S/C7H12N2O7/c1-3-13-5(10)8-15-7(12)16-9-6(11)14-4-2/h3-4H2,1-2H3,(H,8,10)(H,9,11). The van der Waals surface area contributed by atoms with Crippen LogP contribution in [0.1, 0.15) is 13.8 Å². The van der Waals surface area contributed by atoms with Gasteiger partial charge in [-0.3, -0.25) is 0 Å². The van der Waals surface area contributed by atoms with Crippen molar-refractivity contribution in [3.63, 3.8) is 0 Å². The summed E-state index contributed by atoms with van der Waals surface area (Å²) in [5.41, 5.74) is 3.22. The molecule has 0 aliphatic rings. The average molecular weight is 236 g/mol. The highest BCUT2D eigenvalue weighted by atomic mass is 16.9. The Kier molecular flexibility index (Phi) is 7.03. The van der Waals surface area contributed by atoms with E-state index in [-0.39, 0.29) is 13.2 Å². The van der Waals surface area contributed by atoms with Gasteiger partial charge in [0, 0.05) is 0 Å². The monoisotopic (exact) mass is 236 g/mol. The summed E-state index contributed by atoms with van der Waals surface area (Å²) in [6.07, 6.45) is -3.27. The van der Waals surface area contributed by atoms with Gasteiger partial charge in [0.15, 0.2) is 0 Å². The highest BCUT2D eigenvalue weighted by Gasteiger charge is 2.10. The molecular weight excluding hydrogens is 224 g/mol. The fourth-order valence-corrected chi connectivity index (χ4v) is 0.509. The zero-order chi connectivity index (χ0) is 12.4. The van der Waals surface area contributed by atoms with Gasteiger partial charge < -0.3 is 19.1 Å². The lowest BCUT2D eigenvalue weighted by Crippen LogP contribution is -2.33. The number of hydrogen-bond acceptors (Lipinski definition) is 7. The second-order valence-corrected chi connectivity index (χ2v) is 2.10. The number of nitrogens with one attached hydrogen (secondary N) is 2. The minimum absolute atomic E-state index is 0.116. The molecule has 0 saturated carbocycles. The molecule has 0 aliphatic carbocycles. The number of rotatable bonds is 2. The Labute approximate surface area is 90.9 Å². The van der Waals surface area contributed by atoms with E-state index in [0.29, 0.717) is 0 Å². The van der Waals surface area contributed by atoms with Crippen molar-refractivity contribution in [2.24, 2.45) is 0 Å². The number of hydrogen-bond donors (Lipinski definition) is 2. The summed E-state index contributed by atoms with van der Waals surface area (Å²) >= 11 is 0. The van der Waals surface area contributed by atoms with Gasteiger partial charge in [-0.15, -0.1) is 11.0 Å². The van der Waals surface area contributed by atoms with Gasteiger partial charge in [-0.2, -0.15) is 4.79 Å². The van der Waals surface area contributed by atoms with Crippen LogP contribution in [0.25, 0.3) is 0 Å². The van der Waals surface area contributed by atoms with E-state index in [0.717, 1.165) is 0 Å². The zero-order valence-electron chi connectivity index (χ0n) is 8.77. The summed E-state index contributed by atoms with van der Waals surface area (Å²) in [7, 11) is 0. The van der Waals surface area contributed by atoms with Crippen LogP contribution in [0.2, 0.25) is 0 Å². The fraction of sp³-hybridized carbons (Fsp3) is 0.571. The van der Waals surface area contributed by atoms with Crippen molar-refractivity contribution >= 4 is 18.3 Å². The lowest BCUT2D eigenvalue weighted by atomic mass is 10.9. The van der Waals surface area contributed by atoms with Crippen molar-refractivity contribution in [3.8, 4) is 0 Å². The largest absolute Gasteiger partial charge is 0.558 e. The predicted octanol–water partition coefficient (Wildman–Crippen LogP) is 0.462. The SMILES string of the molecule is CCOC(=O)NOC(=O)ONC(=O)OCC. The molecule has 0 radical (unpaired) electrons. The molecule has 0 heterocycles. The summed E-state index contributed by atoms with van der Waals surface area (Å²) in [6, 6.07) is 0. The second-order valence-electron chi connectivity index (χ2n) is 2.10. The molecule has 0 aromatic carbocycles. The molecule has 16 heavy (non-hydrogen) atoms. The van der Waals surface area contributed by atoms with Crippen LogP contribution in [0.15, 0.2) is 0 Å². The van der Waals surface area contributed by atoms with Gasteiger partial charge in [0.05, 0.1) is 13.2 Å². The van der Waals surface area contributed by atoms with Crippen LogP contribution in [0.3, 0.4) is 0 Å². The first-order valence-electron chi connectivity index (χ1n) is 4.33. The van der Waals surface area contributed by atoms with Crippen molar-refractivity contribution in [2.45, 2.75) is 13.8 Å². The third-order valence-electron chi connectivity index (χ3n) is 0.986. The van der Waals surface area contributed by atoms with Gasteiger partial charge in [0.2, 0.25) is 0 Å². The molecular formula is C7H12N2O7. The maximum Gasteiger partial charge on any atom is 0.558 e. The lowest BCUT2D eigenvalue weighted by Gasteiger charge is -2.06. The third-order valence-corrected chi connectivity index (χ3v) is 0.986. The van der Waals surface area contributed by atoms with Gasteiger partial charge in [0.1, 0.15) is 0 Å². The summed E-state index contributed by atoms with van der Waals surface area (Å²) in [4.78, 5) is 40.0. The van der Waals surface area contributed by atoms with Crippen molar-refractivity contribution in [3.05, 3.63) is 0 Å². The van der Waals surface area contributed by atoms with E-state index >= 15 is 0 Å². The molecule has 0 aromatic rings. The Morgan fingerprint density at radius 1 is 0.875 bits per heavy atom. The first kappa shape index (κ1) is 13.8. The molecule has 2 N–H and O–H groups in total. The van der Waals surface area contributed by atoms with E-state index in [2.05, 4.69) is 19.1 Å². The quantitative estimate of drug-likeness (QED) is 0.529. The van der Waals surface area contributed by atoms with Gasteiger partial charge in [-0.1, -0.05) is 0 Å². The highest BCUT2D eigenvalue weighted by Crippen LogP contribution is 1.83. The number of carbonyl (C=O) groups excluding carboxylic acids is 3. The summed E-state index contributed by atoms with van der Waals surface area (Å²) in [5.74, 6) is 0. The first-order valence-corrected chi connectivity index (χ1v) is 4.33. The minimum atomic E-state index is -1.35. The van der Waals surface area contributed by atoms with Gasteiger partial charge >= 0.3 is 18.3 Å². The molecule has 9 heteroatoms. The Morgan fingerprint density at radius 2 is 1.25 bits per heavy atom. The van der Waals surface area contributed by atoms with Gasteiger partial charge in [0.25, 0.3) is 0 Å². The molecule has 9 nitrogen and oxygen atoms in total. The molecule has 0 unspecified atom stereocenters. The summed E-state index contributed by atoms with van der Waals surface area (Å²) < 4.78 is 8.72. The van der Waals surface area contributed by atoms with Crippen LogP contribution >= 0.6 is 0 Å². The minimum Gasteiger partial charge on any atom is -0.448 e. The second kappa shape index (κ2) is 8.15. The van der Waals surface area contributed by atoms with Crippen LogP contribution in [0.5, 0.6) is 0 Å². The topological polar surface area (TPSA) is 112 Å². The summed E-state index contributed by atoms with van der Waals surface area (Å²) in [6.45, 7) is 3.37. The van der Waals surface area contributed by atoms with Gasteiger partial charge in [-0.25, -0.2) is 9.59 Å². The molecule has 0 aliphatic heterocycles. The van der Waals surface area contributed by atoms with Crippen molar-refractivity contribution in [1.29, 1.82) is 0 Å². The predicted molar refractivity (Wildman–Crippen MR) is 47.9 cm³/mol.